The van der Waals surface area contributed by atoms with Gasteiger partial charge < -0.3 is 0 Å². The van der Waals surface area contributed by atoms with Gasteiger partial charge in [0.15, 0.2) is 11.6 Å². The standard InChI is InChI=1S/C47H26N4S2/c1-2-13-28(14-3-1)45-48-46(35-26-29-15-5-7-17-31(29)40-34-19-9-11-21-39(34)53-44(35)40)50-47(49-45)51-36-24-22-27-12-4-6-16-30(27)41(36)42-37(51)25-23-33-32-18-8-10-20-38(32)52-43(33)42/h1-26H. The van der Waals surface area contributed by atoms with Crippen molar-refractivity contribution in [1.82, 2.24) is 19.5 Å². The van der Waals surface area contributed by atoms with E-state index in [1.54, 1.807) is 0 Å². The lowest BCUT2D eigenvalue weighted by molar-refractivity contribution is 0.955. The summed E-state index contributed by atoms with van der Waals surface area (Å²) in [5.41, 5.74) is 4.12. The Morgan fingerprint density at radius 2 is 1.00 bits per heavy atom. The number of nitrogens with zero attached hydrogens (tertiary/aromatic N) is 4. The molecule has 0 saturated carbocycles. The Labute approximate surface area is 310 Å². The summed E-state index contributed by atoms with van der Waals surface area (Å²) in [7, 11) is 0. The van der Waals surface area contributed by atoms with Crippen LogP contribution < -0.4 is 0 Å². The van der Waals surface area contributed by atoms with Crippen molar-refractivity contribution in [1.29, 1.82) is 0 Å². The number of rotatable bonds is 3. The summed E-state index contributed by atoms with van der Waals surface area (Å²) in [6, 6.07) is 56.3. The van der Waals surface area contributed by atoms with E-state index in [9.17, 15) is 0 Å². The molecule has 0 spiro atoms. The summed E-state index contributed by atoms with van der Waals surface area (Å²) >= 11 is 3.67. The van der Waals surface area contributed by atoms with E-state index < -0.39 is 0 Å². The van der Waals surface area contributed by atoms with Crippen LogP contribution in [0.5, 0.6) is 0 Å². The molecule has 0 N–H and O–H groups in total. The van der Waals surface area contributed by atoms with Gasteiger partial charge in [0.2, 0.25) is 5.95 Å². The Hall–Kier alpha value is -6.47. The molecule has 0 fully saturated rings. The van der Waals surface area contributed by atoms with Crippen LogP contribution in [0.4, 0.5) is 0 Å². The van der Waals surface area contributed by atoms with Crippen molar-refractivity contribution in [3.8, 4) is 28.7 Å². The molecule has 0 atom stereocenters. The van der Waals surface area contributed by atoms with Crippen molar-refractivity contribution in [2.75, 3.05) is 0 Å². The topological polar surface area (TPSA) is 43.6 Å². The highest BCUT2D eigenvalue weighted by Gasteiger charge is 2.23. The van der Waals surface area contributed by atoms with Gasteiger partial charge in [-0.1, -0.05) is 127 Å². The normalized spacial score (nSPS) is 12.2. The SMILES string of the molecule is c1ccc(-c2nc(-c3cc4ccccc4c4c3sc3ccccc34)nc(-n3c4ccc5ccccc5c4c4c5sc6ccccc6c5ccc43)n2)cc1. The van der Waals surface area contributed by atoms with Crippen LogP contribution in [0.3, 0.4) is 0 Å². The van der Waals surface area contributed by atoms with Crippen LogP contribution in [0.2, 0.25) is 0 Å². The molecular formula is C47H26N4S2. The first-order valence-electron chi connectivity index (χ1n) is 17.7. The first-order valence-corrected chi connectivity index (χ1v) is 19.3. The zero-order valence-electron chi connectivity index (χ0n) is 28.1. The van der Waals surface area contributed by atoms with E-state index in [-0.39, 0.29) is 0 Å². The van der Waals surface area contributed by atoms with Crippen LogP contribution in [0, 0.1) is 0 Å². The molecule has 12 aromatic rings. The molecule has 8 aromatic carbocycles. The second kappa shape index (κ2) is 11.0. The molecule has 0 aliphatic rings. The fraction of sp³-hybridized carbons (Fsp3) is 0. The van der Waals surface area contributed by atoms with Gasteiger partial charge in [-0.25, -0.2) is 4.98 Å². The third-order valence-electron chi connectivity index (χ3n) is 10.6. The third kappa shape index (κ3) is 4.19. The van der Waals surface area contributed by atoms with Gasteiger partial charge in [-0.15, -0.1) is 22.7 Å². The Balaban J connectivity index is 1.24. The average molecular weight is 711 g/mol. The van der Waals surface area contributed by atoms with E-state index in [4.69, 9.17) is 15.0 Å². The Morgan fingerprint density at radius 3 is 1.83 bits per heavy atom. The number of aromatic nitrogens is 4. The molecule has 6 heteroatoms. The maximum atomic E-state index is 5.45. The van der Waals surface area contributed by atoms with E-state index >= 15 is 0 Å². The first kappa shape index (κ1) is 29.1. The quantitative estimate of drug-likeness (QED) is 0.183. The second-order valence-corrected chi connectivity index (χ2v) is 15.7. The summed E-state index contributed by atoms with van der Waals surface area (Å²) in [5, 5.41) is 12.3. The fourth-order valence-corrected chi connectivity index (χ4v) is 10.8. The predicted molar refractivity (Wildman–Crippen MR) is 226 cm³/mol. The fourth-order valence-electron chi connectivity index (χ4n) is 8.30. The van der Waals surface area contributed by atoms with Gasteiger partial charge in [-0.05, 0) is 51.9 Å². The lowest BCUT2D eigenvalue weighted by Crippen LogP contribution is -2.06. The van der Waals surface area contributed by atoms with E-state index in [1.807, 2.05) is 40.9 Å². The molecule has 0 aliphatic carbocycles. The summed E-state index contributed by atoms with van der Waals surface area (Å²) in [6.07, 6.45) is 0. The maximum absolute atomic E-state index is 5.45. The van der Waals surface area contributed by atoms with Gasteiger partial charge in [0.05, 0.1) is 11.0 Å². The lowest BCUT2D eigenvalue weighted by atomic mass is 10.00. The predicted octanol–water partition coefficient (Wildman–Crippen LogP) is 13.3. The van der Waals surface area contributed by atoms with E-state index in [0.717, 1.165) is 27.5 Å². The highest BCUT2D eigenvalue weighted by atomic mass is 32.1. The van der Waals surface area contributed by atoms with Crippen molar-refractivity contribution in [2.24, 2.45) is 0 Å². The third-order valence-corrected chi connectivity index (χ3v) is 13.0. The zero-order valence-corrected chi connectivity index (χ0v) is 29.7. The first-order chi connectivity index (χ1) is 26.3. The summed E-state index contributed by atoms with van der Waals surface area (Å²) in [6.45, 7) is 0. The summed E-state index contributed by atoms with van der Waals surface area (Å²) in [4.78, 5) is 16.0. The number of fused-ring (bicyclic) bond motifs is 14. The highest BCUT2D eigenvalue weighted by Crippen LogP contribution is 2.46. The Kier molecular flexibility index (Phi) is 6.06. The van der Waals surface area contributed by atoms with Crippen LogP contribution in [-0.2, 0) is 0 Å². The van der Waals surface area contributed by atoms with Crippen LogP contribution in [0.1, 0.15) is 0 Å². The summed E-state index contributed by atoms with van der Waals surface area (Å²) in [5.74, 6) is 1.91. The van der Waals surface area contributed by atoms with Gasteiger partial charge in [-0.3, -0.25) is 4.57 Å². The van der Waals surface area contributed by atoms with E-state index in [0.29, 0.717) is 17.6 Å². The molecule has 0 bridgehead atoms. The van der Waals surface area contributed by atoms with Crippen molar-refractivity contribution in [3.05, 3.63) is 158 Å². The smallest absolute Gasteiger partial charge is 0.238 e. The Morgan fingerprint density at radius 1 is 0.396 bits per heavy atom. The molecule has 4 heterocycles. The molecule has 4 aromatic heterocycles. The molecule has 0 aliphatic heterocycles. The molecule has 4 nitrogen and oxygen atoms in total. The van der Waals surface area contributed by atoms with Gasteiger partial charge in [0.1, 0.15) is 0 Å². The van der Waals surface area contributed by atoms with Gasteiger partial charge in [0, 0.05) is 62.2 Å². The van der Waals surface area contributed by atoms with Crippen LogP contribution in [0.15, 0.2) is 158 Å². The van der Waals surface area contributed by atoms with Gasteiger partial charge in [0.25, 0.3) is 0 Å². The monoisotopic (exact) mass is 710 g/mol. The van der Waals surface area contributed by atoms with E-state index in [1.165, 1.54) is 67.3 Å². The lowest BCUT2D eigenvalue weighted by Gasteiger charge is -2.12. The molecule has 246 valence electrons. The minimum absolute atomic E-state index is 0.604. The minimum Gasteiger partial charge on any atom is -0.278 e. The molecule has 0 amide bonds. The molecule has 0 saturated heterocycles. The van der Waals surface area contributed by atoms with Gasteiger partial charge in [-0.2, -0.15) is 9.97 Å². The largest absolute Gasteiger partial charge is 0.278 e. The van der Waals surface area contributed by atoms with Crippen molar-refractivity contribution >= 4 is 106 Å². The van der Waals surface area contributed by atoms with E-state index in [2.05, 4.69) is 144 Å². The minimum atomic E-state index is 0.604. The molecule has 12 rings (SSSR count). The Bertz CT molecular complexity index is 3460. The van der Waals surface area contributed by atoms with Crippen molar-refractivity contribution in [2.45, 2.75) is 0 Å². The maximum Gasteiger partial charge on any atom is 0.238 e. The number of hydrogen-bond acceptors (Lipinski definition) is 5. The second-order valence-electron chi connectivity index (χ2n) is 13.5. The number of hydrogen-bond donors (Lipinski definition) is 0. The molecule has 0 radical (unpaired) electrons. The highest BCUT2D eigenvalue weighted by molar-refractivity contribution is 7.27. The number of thiophene rings is 2. The van der Waals surface area contributed by atoms with Gasteiger partial charge >= 0.3 is 0 Å². The van der Waals surface area contributed by atoms with Crippen molar-refractivity contribution < 1.29 is 0 Å². The summed E-state index contributed by atoms with van der Waals surface area (Å²) < 4.78 is 7.26. The molecule has 0 unspecified atom stereocenters. The van der Waals surface area contributed by atoms with Crippen LogP contribution in [-0.4, -0.2) is 19.5 Å². The van der Waals surface area contributed by atoms with Crippen LogP contribution >= 0.6 is 22.7 Å². The van der Waals surface area contributed by atoms with Crippen LogP contribution in [0.25, 0.3) is 112 Å². The average Bonchev–Trinajstić information content (AvgIpc) is 3.91. The molecule has 53 heavy (non-hydrogen) atoms. The number of benzene rings is 8. The molecular weight excluding hydrogens is 685 g/mol. The van der Waals surface area contributed by atoms with Crippen molar-refractivity contribution in [3.63, 3.8) is 0 Å². The zero-order chi connectivity index (χ0) is 34.6.